The maximum absolute atomic E-state index is 16.7. The number of allylic oxidation sites excluding steroid dienone is 4. The second kappa shape index (κ2) is 11.8. The molecule has 0 aliphatic carbocycles. The molecule has 2 aliphatic rings. The average molecular weight is 553 g/mol. The molecule has 3 aromatic rings. The van der Waals surface area contributed by atoms with Crippen LogP contribution >= 0.6 is 0 Å². The van der Waals surface area contributed by atoms with Crippen molar-refractivity contribution in [3.05, 3.63) is 69.0 Å². The van der Waals surface area contributed by atoms with Crippen molar-refractivity contribution in [2.24, 2.45) is 0 Å². The van der Waals surface area contributed by atoms with Gasteiger partial charge in [0.25, 0.3) is 0 Å². The fraction of sp³-hybridized carbons (Fsp3) is 0.444. The molecule has 0 aromatic carbocycles. The van der Waals surface area contributed by atoms with Crippen LogP contribution in [0.5, 0.6) is 0 Å². The van der Waals surface area contributed by atoms with Gasteiger partial charge in [-0.25, -0.2) is 14.4 Å². The molecule has 5 heteroatoms. The quantitative estimate of drug-likeness (QED) is 0.292. The lowest BCUT2D eigenvalue weighted by atomic mass is 9.97. The first-order valence-corrected chi connectivity index (χ1v) is 15.8. The van der Waals surface area contributed by atoms with E-state index in [0.717, 1.165) is 107 Å². The zero-order chi connectivity index (χ0) is 29.4. The summed E-state index contributed by atoms with van der Waals surface area (Å²) >= 11 is 0. The molecule has 8 bridgehead atoms. The molecule has 0 saturated heterocycles. The fourth-order valence-corrected chi connectivity index (χ4v) is 7.14. The summed E-state index contributed by atoms with van der Waals surface area (Å²) in [6.45, 7) is 17.4. The Hall–Kier alpha value is -3.47. The lowest BCUT2D eigenvalue weighted by molar-refractivity contribution is 0.609. The Morgan fingerprint density at radius 1 is 0.463 bits per heavy atom. The van der Waals surface area contributed by atoms with Gasteiger partial charge in [0.15, 0.2) is 5.82 Å². The molecule has 2 aliphatic heterocycles. The van der Waals surface area contributed by atoms with Crippen LogP contribution in [0.1, 0.15) is 126 Å². The van der Waals surface area contributed by atoms with E-state index >= 15 is 4.39 Å². The van der Waals surface area contributed by atoms with Gasteiger partial charge in [0.1, 0.15) is 11.4 Å². The summed E-state index contributed by atoms with van der Waals surface area (Å²) in [5, 5.41) is 0. The zero-order valence-corrected chi connectivity index (χ0v) is 26.2. The van der Waals surface area contributed by atoms with Crippen molar-refractivity contribution in [1.29, 1.82) is 0 Å². The Bertz CT molecular complexity index is 1600. The van der Waals surface area contributed by atoms with Crippen LogP contribution in [-0.4, -0.2) is 19.9 Å². The van der Waals surface area contributed by atoms with Gasteiger partial charge in [-0.05, 0) is 114 Å². The molecular weight excluding hydrogens is 507 g/mol. The van der Waals surface area contributed by atoms with E-state index in [1.54, 1.807) is 0 Å². The van der Waals surface area contributed by atoms with Gasteiger partial charge in [0, 0.05) is 22.1 Å². The molecule has 0 amide bonds. The second-order valence-electron chi connectivity index (χ2n) is 11.0. The lowest BCUT2D eigenvalue weighted by Crippen LogP contribution is -1.94. The van der Waals surface area contributed by atoms with Gasteiger partial charge in [0.2, 0.25) is 0 Å². The van der Waals surface area contributed by atoms with Crippen LogP contribution in [0, 0.1) is 5.82 Å². The summed E-state index contributed by atoms with van der Waals surface area (Å²) in [6.07, 6.45) is 6.76. The molecule has 0 atom stereocenters. The summed E-state index contributed by atoms with van der Waals surface area (Å²) < 4.78 is 16.7. The number of nitrogens with zero attached hydrogens (tertiary/aromatic N) is 2. The molecule has 2 N–H and O–H groups in total. The zero-order valence-electron chi connectivity index (χ0n) is 26.2. The minimum Gasteiger partial charge on any atom is -0.355 e. The van der Waals surface area contributed by atoms with Gasteiger partial charge in [0.05, 0.1) is 11.4 Å². The smallest absolute Gasteiger partial charge is 0.174 e. The molecular formula is C36H45FN4. The summed E-state index contributed by atoms with van der Waals surface area (Å²) in [5.74, 6) is -0.294. The Kier molecular flexibility index (Phi) is 8.35. The van der Waals surface area contributed by atoms with Crippen LogP contribution in [0.25, 0.3) is 44.4 Å². The third kappa shape index (κ3) is 4.67. The minimum atomic E-state index is -0.294. The maximum Gasteiger partial charge on any atom is 0.174 e. The Labute approximate surface area is 244 Å². The number of nitrogens with one attached hydrogen (secondary N) is 2. The first-order valence-electron chi connectivity index (χ1n) is 15.8. The average Bonchev–Trinajstić information content (AvgIpc) is 3.71. The minimum absolute atomic E-state index is 0.294. The second-order valence-corrected chi connectivity index (χ2v) is 11.0. The predicted molar refractivity (Wildman–Crippen MR) is 173 cm³/mol. The van der Waals surface area contributed by atoms with E-state index in [0.29, 0.717) is 11.4 Å². The van der Waals surface area contributed by atoms with E-state index in [2.05, 4.69) is 83.6 Å². The van der Waals surface area contributed by atoms with Crippen LogP contribution in [0.4, 0.5) is 4.39 Å². The van der Waals surface area contributed by atoms with Crippen molar-refractivity contribution in [2.75, 3.05) is 0 Å². The number of aryl methyl sites for hydroxylation is 4. The highest BCUT2D eigenvalue weighted by atomic mass is 19.1. The molecule has 0 fully saturated rings. The monoisotopic (exact) mass is 552 g/mol. The molecule has 4 nitrogen and oxygen atoms in total. The van der Waals surface area contributed by atoms with Gasteiger partial charge < -0.3 is 9.97 Å². The van der Waals surface area contributed by atoms with Crippen LogP contribution < -0.4 is 0 Å². The normalized spacial score (nSPS) is 13.6. The predicted octanol–water partition coefficient (Wildman–Crippen LogP) is 10.2. The van der Waals surface area contributed by atoms with Crippen molar-refractivity contribution in [1.82, 2.24) is 19.9 Å². The topological polar surface area (TPSA) is 57.4 Å². The number of H-pyrrole nitrogens is 2. The van der Waals surface area contributed by atoms with Crippen molar-refractivity contribution in [3.8, 4) is 0 Å². The number of hydrogen-bond donors (Lipinski definition) is 2. The molecule has 216 valence electrons. The third-order valence-corrected chi connectivity index (χ3v) is 9.05. The van der Waals surface area contributed by atoms with Crippen LogP contribution in [0.2, 0.25) is 0 Å². The Morgan fingerprint density at radius 3 is 1.07 bits per heavy atom. The Morgan fingerprint density at radius 2 is 0.780 bits per heavy atom. The Balaban J connectivity index is 2.07. The van der Waals surface area contributed by atoms with Gasteiger partial charge in [-0.2, -0.15) is 0 Å². The number of aromatic amines is 2. The molecule has 0 radical (unpaired) electrons. The molecule has 0 saturated carbocycles. The van der Waals surface area contributed by atoms with Crippen molar-refractivity contribution in [2.45, 2.75) is 107 Å². The van der Waals surface area contributed by atoms with Gasteiger partial charge in [-0.3, -0.25) is 0 Å². The lowest BCUT2D eigenvalue weighted by Gasteiger charge is -2.06. The highest BCUT2D eigenvalue weighted by Gasteiger charge is 2.27. The highest BCUT2D eigenvalue weighted by Crippen LogP contribution is 2.41. The number of hydrogen-bond acceptors (Lipinski definition) is 2. The van der Waals surface area contributed by atoms with E-state index in [1.807, 2.05) is 0 Å². The SMILES string of the molecule is CCC1=C(CC)c2nc1cc1[nH]c(cc3[nH]c(cc4nc(c2F)C(CC)=C4CC)c(CC)c3CC)c(CC)c1CC. The highest BCUT2D eigenvalue weighted by molar-refractivity contribution is 5.96. The molecule has 41 heavy (non-hydrogen) atoms. The molecule has 5 rings (SSSR count). The maximum atomic E-state index is 16.7. The van der Waals surface area contributed by atoms with Crippen LogP contribution in [-0.2, 0) is 25.7 Å². The largest absolute Gasteiger partial charge is 0.355 e. The van der Waals surface area contributed by atoms with Crippen LogP contribution in [0.15, 0.2) is 18.2 Å². The molecule has 3 aromatic heterocycles. The summed E-state index contributed by atoms with van der Waals surface area (Å²) in [7, 11) is 0. The molecule has 0 spiro atoms. The van der Waals surface area contributed by atoms with Crippen LogP contribution in [0.3, 0.4) is 0 Å². The summed E-state index contributed by atoms with van der Waals surface area (Å²) in [6, 6.07) is 6.61. The van der Waals surface area contributed by atoms with Gasteiger partial charge in [-0.1, -0.05) is 55.4 Å². The van der Waals surface area contributed by atoms with Gasteiger partial charge in [-0.15, -0.1) is 0 Å². The number of fused-ring (bicyclic) bond motifs is 8. The van der Waals surface area contributed by atoms with Crippen molar-refractivity contribution >= 4 is 44.4 Å². The van der Waals surface area contributed by atoms with E-state index in [1.165, 1.54) is 22.3 Å². The summed E-state index contributed by atoms with van der Waals surface area (Å²) in [5.41, 5.74) is 16.6. The van der Waals surface area contributed by atoms with E-state index in [9.17, 15) is 0 Å². The fourth-order valence-electron chi connectivity index (χ4n) is 7.14. The summed E-state index contributed by atoms with van der Waals surface area (Å²) in [4.78, 5) is 17.5. The standard InChI is InChI=1S/C36H45FN4/c1-9-20-22(11-3)30-18-32-24(13-5)26(15-7)35(40-32)34(37)36-27(16-8)25(14-6)33(41-36)19-31-23(12-4)21(10-2)29(39-31)17-28(20)38-30/h17-19,38-39H,9-16H2,1-8H3. The molecule has 0 unspecified atom stereocenters. The van der Waals surface area contributed by atoms with Crippen molar-refractivity contribution < 1.29 is 4.39 Å². The number of aromatic nitrogens is 4. The van der Waals surface area contributed by atoms with Crippen molar-refractivity contribution in [3.63, 3.8) is 0 Å². The van der Waals surface area contributed by atoms with E-state index in [-0.39, 0.29) is 5.82 Å². The number of rotatable bonds is 8. The van der Waals surface area contributed by atoms with E-state index < -0.39 is 0 Å². The number of halogens is 1. The first-order chi connectivity index (χ1) is 19.9. The third-order valence-electron chi connectivity index (χ3n) is 9.05. The first kappa shape index (κ1) is 29.0. The van der Waals surface area contributed by atoms with E-state index in [4.69, 9.17) is 9.97 Å². The molecule has 5 heterocycles. The van der Waals surface area contributed by atoms with Gasteiger partial charge >= 0.3 is 0 Å².